The Labute approximate surface area is 119 Å². The zero-order valence-corrected chi connectivity index (χ0v) is 10.7. The van der Waals surface area contributed by atoms with Gasteiger partial charge >= 0.3 is 0 Å². The highest BCUT2D eigenvalue weighted by Gasteiger charge is 2.08. The van der Waals surface area contributed by atoms with Crippen LogP contribution >= 0.6 is 0 Å². The minimum absolute atomic E-state index is 0.0585. The molecular formula is C13H10FN7. The lowest BCUT2D eigenvalue weighted by Crippen LogP contribution is -2.05. The third-order valence-corrected chi connectivity index (χ3v) is 2.53. The van der Waals surface area contributed by atoms with E-state index in [-0.39, 0.29) is 11.9 Å². The molecule has 0 aliphatic heterocycles. The average molecular weight is 283 g/mol. The molecule has 0 saturated heterocycles. The number of nitrogen functional groups attached to an aromatic ring is 1. The number of rotatable bonds is 3. The van der Waals surface area contributed by atoms with Gasteiger partial charge in [-0.1, -0.05) is 6.07 Å². The van der Waals surface area contributed by atoms with Gasteiger partial charge in [0.25, 0.3) is 0 Å². The molecule has 0 radical (unpaired) electrons. The summed E-state index contributed by atoms with van der Waals surface area (Å²) in [5, 5.41) is 2.88. The zero-order valence-electron chi connectivity index (χ0n) is 10.7. The predicted molar refractivity (Wildman–Crippen MR) is 74.9 cm³/mol. The van der Waals surface area contributed by atoms with Crippen LogP contribution in [-0.4, -0.2) is 24.9 Å². The highest BCUT2D eigenvalue weighted by atomic mass is 19.1. The first-order valence-electron chi connectivity index (χ1n) is 6.02. The number of pyridine rings is 2. The van der Waals surface area contributed by atoms with Crippen molar-refractivity contribution >= 4 is 17.6 Å². The lowest BCUT2D eigenvalue weighted by atomic mass is 10.3. The number of aromatic nitrogens is 5. The van der Waals surface area contributed by atoms with Crippen molar-refractivity contribution in [2.75, 3.05) is 11.1 Å². The summed E-state index contributed by atoms with van der Waals surface area (Å²) in [5.41, 5.74) is 6.78. The number of hydrogen-bond donors (Lipinski definition) is 2. The predicted octanol–water partition coefficient (Wildman–Crippen LogP) is 1.79. The van der Waals surface area contributed by atoms with E-state index in [2.05, 4.69) is 30.2 Å². The molecule has 21 heavy (non-hydrogen) atoms. The van der Waals surface area contributed by atoms with Crippen LogP contribution in [0.3, 0.4) is 0 Å². The zero-order chi connectivity index (χ0) is 14.7. The van der Waals surface area contributed by atoms with Gasteiger partial charge in [-0.3, -0.25) is 4.98 Å². The van der Waals surface area contributed by atoms with Crippen LogP contribution in [0, 0.1) is 5.95 Å². The maximum absolute atomic E-state index is 12.8. The maximum Gasteiger partial charge on any atom is 0.232 e. The second-order valence-corrected chi connectivity index (χ2v) is 4.05. The van der Waals surface area contributed by atoms with Gasteiger partial charge in [-0.25, -0.2) is 4.98 Å². The lowest BCUT2D eigenvalue weighted by Gasteiger charge is -2.06. The molecule has 0 unspecified atom stereocenters. The Morgan fingerprint density at radius 3 is 2.62 bits per heavy atom. The van der Waals surface area contributed by atoms with Crippen molar-refractivity contribution in [1.82, 2.24) is 24.9 Å². The number of anilines is 3. The fourth-order valence-corrected chi connectivity index (χ4v) is 1.64. The average Bonchev–Trinajstić information content (AvgIpc) is 2.50. The summed E-state index contributed by atoms with van der Waals surface area (Å²) in [7, 11) is 0. The molecule has 0 atom stereocenters. The van der Waals surface area contributed by atoms with Gasteiger partial charge in [0.2, 0.25) is 17.8 Å². The molecule has 3 heterocycles. The number of nitrogens with two attached hydrogens (primary N) is 1. The van der Waals surface area contributed by atoms with Crippen LogP contribution in [0.2, 0.25) is 0 Å². The van der Waals surface area contributed by atoms with E-state index in [1.165, 1.54) is 18.3 Å². The topological polar surface area (TPSA) is 102 Å². The molecule has 3 rings (SSSR count). The smallest absolute Gasteiger partial charge is 0.232 e. The third kappa shape index (κ3) is 3.06. The van der Waals surface area contributed by atoms with Crippen molar-refractivity contribution < 1.29 is 4.39 Å². The summed E-state index contributed by atoms with van der Waals surface area (Å²) in [5.74, 6) is 0.0744. The van der Waals surface area contributed by atoms with Crippen LogP contribution in [0.5, 0.6) is 0 Å². The van der Waals surface area contributed by atoms with Crippen LogP contribution in [0.15, 0.2) is 42.7 Å². The van der Waals surface area contributed by atoms with Crippen LogP contribution in [0.1, 0.15) is 0 Å². The molecular weight excluding hydrogens is 273 g/mol. The van der Waals surface area contributed by atoms with Gasteiger partial charge < -0.3 is 11.1 Å². The Kier molecular flexibility index (Phi) is 3.34. The Balaban J connectivity index is 1.93. The van der Waals surface area contributed by atoms with Crippen LogP contribution in [0.25, 0.3) is 11.5 Å². The van der Waals surface area contributed by atoms with E-state index in [1.54, 1.807) is 18.3 Å². The summed E-state index contributed by atoms with van der Waals surface area (Å²) < 4.78 is 12.8. The van der Waals surface area contributed by atoms with Gasteiger partial charge in [0.1, 0.15) is 5.69 Å². The lowest BCUT2D eigenvalue weighted by molar-refractivity contribution is 0.584. The first-order valence-corrected chi connectivity index (χ1v) is 6.02. The molecule has 0 bridgehead atoms. The first kappa shape index (κ1) is 12.9. The van der Waals surface area contributed by atoms with E-state index >= 15 is 0 Å². The SMILES string of the molecule is Nc1nc(Nc2ccc(F)nc2)nc(-c2ccccn2)n1. The van der Waals surface area contributed by atoms with Gasteiger partial charge in [-0.05, 0) is 24.3 Å². The van der Waals surface area contributed by atoms with E-state index in [0.29, 0.717) is 17.2 Å². The fraction of sp³-hybridized carbons (Fsp3) is 0. The number of hydrogen-bond acceptors (Lipinski definition) is 7. The molecule has 0 aromatic carbocycles. The highest BCUT2D eigenvalue weighted by molar-refractivity contribution is 5.57. The summed E-state index contributed by atoms with van der Waals surface area (Å²) in [4.78, 5) is 19.9. The Morgan fingerprint density at radius 1 is 1.00 bits per heavy atom. The van der Waals surface area contributed by atoms with E-state index in [9.17, 15) is 4.39 Å². The van der Waals surface area contributed by atoms with Crippen molar-refractivity contribution in [2.24, 2.45) is 0 Å². The molecule has 3 aromatic rings. The molecule has 3 aromatic heterocycles. The summed E-state index contributed by atoms with van der Waals surface area (Å²) in [6.45, 7) is 0. The molecule has 0 fully saturated rings. The Bertz CT molecular complexity index is 746. The molecule has 0 aliphatic rings. The second-order valence-electron chi connectivity index (χ2n) is 4.05. The first-order chi connectivity index (χ1) is 10.2. The summed E-state index contributed by atoms with van der Waals surface area (Å²) in [6, 6.07) is 8.12. The monoisotopic (exact) mass is 283 g/mol. The Hall–Kier alpha value is -3.16. The normalized spacial score (nSPS) is 10.3. The third-order valence-electron chi connectivity index (χ3n) is 2.53. The van der Waals surface area contributed by atoms with Crippen molar-refractivity contribution in [2.45, 2.75) is 0 Å². The van der Waals surface area contributed by atoms with Crippen LogP contribution in [-0.2, 0) is 0 Å². The minimum Gasteiger partial charge on any atom is -0.368 e. The molecule has 8 heteroatoms. The fourth-order valence-electron chi connectivity index (χ4n) is 1.64. The van der Waals surface area contributed by atoms with E-state index in [4.69, 9.17) is 5.73 Å². The van der Waals surface area contributed by atoms with Gasteiger partial charge in [-0.2, -0.15) is 19.3 Å². The maximum atomic E-state index is 12.8. The van der Waals surface area contributed by atoms with Gasteiger partial charge in [-0.15, -0.1) is 0 Å². The van der Waals surface area contributed by atoms with E-state index < -0.39 is 5.95 Å². The molecule has 0 aliphatic carbocycles. The van der Waals surface area contributed by atoms with Crippen molar-refractivity contribution in [3.05, 3.63) is 48.7 Å². The summed E-state index contributed by atoms with van der Waals surface area (Å²) in [6.07, 6.45) is 2.96. The molecule has 7 nitrogen and oxygen atoms in total. The van der Waals surface area contributed by atoms with Crippen LogP contribution < -0.4 is 11.1 Å². The molecule has 3 N–H and O–H groups in total. The quantitative estimate of drug-likeness (QED) is 0.706. The minimum atomic E-state index is -0.565. The van der Waals surface area contributed by atoms with Crippen LogP contribution in [0.4, 0.5) is 22.0 Å². The Morgan fingerprint density at radius 2 is 1.90 bits per heavy atom. The van der Waals surface area contributed by atoms with Crippen molar-refractivity contribution in [1.29, 1.82) is 0 Å². The van der Waals surface area contributed by atoms with Gasteiger partial charge in [0.05, 0.1) is 11.9 Å². The largest absolute Gasteiger partial charge is 0.368 e. The van der Waals surface area contributed by atoms with Crippen molar-refractivity contribution in [3.8, 4) is 11.5 Å². The highest BCUT2D eigenvalue weighted by Crippen LogP contribution is 2.17. The second kappa shape index (κ2) is 5.45. The number of nitrogens with zero attached hydrogens (tertiary/aromatic N) is 5. The number of halogens is 1. The molecule has 0 spiro atoms. The molecule has 0 amide bonds. The molecule has 0 saturated carbocycles. The van der Waals surface area contributed by atoms with E-state index in [1.807, 2.05) is 6.07 Å². The standard InChI is InChI=1S/C13H10FN7/c14-10-5-4-8(7-17-10)18-13-20-11(19-12(15)21-13)9-3-1-2-6-16-9/h1-7H,(H3,15,18,19,20,21). The van der Waals surface area contributed by atoms with Crippen molar-refractivity contribution in [3.63, 3.8) is 0 Å². The van der Waals surface area contributed by atoms with Gasteiger partial charge in [0, 0.05) is 6.20 Å². The summed E-state index contributed by atoms with van der Waals surface area (Å²) >= 11 is 0. The number of nitrogens with one attached hydrogen (secondary N) is 1. The van der Waals surface area contributed by atoms with Gasteiger partial charge in [0.15, 0.2) is 5.82 Å². The van der Waals surface area contributed by atoms with E-state index in [0.717, 1.165) is 0 Å². The molecule has 104 valence electrons.